The third kappa shape index (κ3) is 11.6. The first kappa shape index (κ1) is 50.7. The number of hydrogen-bond donors (Lipinski definition) is 3. The van der Waals surface area contributed by atoms with Crippen molar-refractivity contribution in [1.29, 1.82) is 0 Å². The monoisotopic (exact) mass is 1010 g/mol. The molecule has 0 bridgehead atoms. The van der Waals surface area contributed by atoms with Crippen molar-refractivity contribution in [3.05, 3.63) is 205 Å². The van der Waals surface area contributed by atoms with Crippen LogP contribution in [-0.2, 0) is 21.1 Å². The van der Waals surface area contributed by atoms with Gasteiger partial charge in [-0.25, -0.2) is 0 Å². The Labute approximate surface area is 418 Å². The van der Waals surface area contributed by atoms with Crippen LogP contribution in [0.25, 0.3) is 32.7 Å². The summed E-state index contributed by atoms with van der Waals surface area (Å²) in [6.07, 6.45) is -4.78. The summed E-state index contributed by atoms with van der Waals surface area (Å²) in [6, 6.07) is 42.5. The standard InChI is InChI=1S/C19H16N2O4.C18H13F3N2O3.C18H16N2O3/c1-21-15-5-3-2-4-13(15)14(11-18(21)22)19(23)20-12-6-7-16-17(10-12)25-9-8-24-16;1-23-15-5-3-2-4-13(15)14(10-16(23)24)17(25)22-11-6-8-12(9-7-11)26-18(19,20)21;1-20-16-6-4-3-5-14(16)15(11-17(20)21)18(22)19-12-7-9-13(23-2)10-8-12/h2-7,10-11H,8-9H2,1H3,(H,20,23);2-10H,1H3,(H,22,25);3-11H,1-2H3,(H,19,22). The molecule has 0 saturated carbocycles. The molecule has 3 amide bonds. The molecule has 3 N–H and O–H groups in total. The van der Waals surface area contributed by atoms with Gasteiger partial charge in [-0.05, 0) is 78.9 Å². The number of methoxy groups -OCH3 is 1. The molecule has 74 heavy (non-hydrogen) atoms. The van der Waals surface area contributed by atoms with Crippen LogP contribution in [-0.4, -0.2) is 58.1 Å². The zero-order valence-electron chi connectivity index (χ0n) is 40.0. The fourth-order valence-electron chi connectivity index (χ4n) is 7.93. The predicted molar refractivity (Wildman–Crippen MR) is 275 cm³/mol. The van der Waals surface area contributed by atoms with Gasteiger partial charge >= 0.3 is 6.36 Å². The van der Waals surface area contributed by atoms with Crippen LogP contribution in [0, 0.1) is 0 Å². The zero-order valence-corrected chi connectivity index (χ0v) is 40.0. The summed E-state index contributed by atoms with van der Waals surface area (Å²) in [5.41, 5.74) is 3.61. The van der Waals surface area contributed by atoms with Crippen LogP contribution in [0.4, 0.5) is 30.2 Å². The highest BCUT2D eigenvalue weighted by molar-refractivity contribution is 6.14. The molecule has 0 unspecified atom stereocenters. The first-order valence-corrected chi connectivity index (χ1v) is 22.6. The van der Waals surface area contributed by atoms with Gasteiger partial charge in [0.05, 0.1) is 40.4 Å². The molecule has 0 spiro atoms. The van der Waals surface area contributed by atoms with Crippen molar-refractivity contribution < 1.29 is 46.5 Å². The Hall–Kier alpha value is -9.65. The lowest BCUT2D eigenvalue weighted by Gasteiger charge is -2.19. The van der Waals surface area contributed by atoms with Crippen molar-refractivity contribution in [2.24, 2.45) is 21.1 Å². The van der Waals surface area contributed by atoms with Crippen molar-refractivity contribution in [2.75, 3.05) is 36.3 Å². The van der Waals surface area contributed by atoms with Crippen molar-refractivity contribution in [1.82, 2.24) is 13.7 Å². The summed E-state index contributed by atoms with van der Waals surface area (Å²) < 4.78 is 60.8. The van der Waals surface area contributed by atoms with E-state index in [1.165, 1.54) is 44.0 Å². The average molecular weight is 1010 g/mol. The maximum Gasteiger partial charge on any atom is 0.573 e. The lowest BCUT2D eigenvalue weighted by molar-refractivity contribution is -0.274. The fraction of sp³-hybridized carbons (Fsp3) is 0.127. The molecule has 376 valence electrons. The van der Waals surface area contributed by atoms with Gasteiger partial charge in [0.1, 0.15) is 24.7 Å². The van der Waals surface area contributed by atoms with Crippen LogP contribution >= 0.6 is 0 Å². The number of amides is 3. The molecule has 4 heterocycles. The minimum Gasteiger partial charge on any atom is -0.497 e. The fourth-order valence-corrected chi connectivity index (χ4v) is 7.93. The quantitative estimate of drug-likeness (QED) is 0.132. The Bertz CT molecular complexity index is 3780. The number of alkyl halides is 3. The van der Waals surface area contributed by atoms with Gasteiger partial charge in [-0.3, -0.25) is 28.8 Å². The minimum absolute atomic E-state index is 0.180. The molecule has 19 heteroatoms. The third-order valence-electron chi connectivity index (χ3n) is 11.7. The van der Waals surface area contributed by atoms with E-state index < -0.39 is 18.0 Å². The number of hydrogen-bond acceptors (Lipinski definition) is 10. The molecule has 0 radical (unpaired) electrons. The smallest absolute Gasteiger partial charge is 0.497 e. The number of carbonyl (C=O) groups is 3. The molecule has 3 aromatic heterocycles. The van der Waals surface area contributed by atoms with E-state index in [0.29, 0.717) is 69.4 Å². The summed E-state index contributed by atoms with van der Waals surface area (Å²) in [5, 5.41) is 10.2. The van der Waals surface area contributed by atoms with Gasteiger partial charge in [0, 0.05) is 78.6 Å². The number of anilines is 3. The SMILES string of the molecule is COc1ccc(NC(=O)c2cc(=O)n(C)c3ccccc23)cc1.Cn1c(=O)cc(C(=O)Nc2ccc(OC(F)(F)F)cc2)c2ccccc21.Cn1c(=O)cc(C(=O)Nc2ccc3c(c2)OCCO3)c2ccccc21. The second-order valence-corrected chi connectivity index (χ2v) is 16.4. The van der Waals surface area contributed by atoms with Crippen LogP contribution < -0.4 is 51.6 Å². The Kier molecular flexibility index (Phi) is 14.9. The Morgan fingerprint density at radius 3 is 1.22 bits per heavy atom. The van der Waals surface area contributed by atoms with E-state index >= 15 is 0 Å². The molecule has 0 fully saturated rings. The van der Waals surface area contributed by atoms with Crippen molar-refractivity contribution in [3.8, 4) is 23.0 Å². The highest BCUT2D eigenvalue weighted by Crippen LogP contribution is 2.33. The van der Waals surface area contributed by atoms with E-state index in [0.717, 1.165) is 28.4 Å². The Morgan fingerprint density at radius 2 is 0.824 bits per heavy atom. The van der Waals surface area contributed by atoms with Gasteiger partial charge in [0.25, 0.3) is 34.4 Å². The molecular formula is C55H45F3N6O10. The number of ether oxygens (including phenoxy) is 4. The molecule has 1 aliphatic heterocycles. The molecule has 16 nitrogen and oxygen atoms in total. The normalized spacial score (nSPS) is 11.6. The maximum atomic E-state index is 12.7. The molecule has 1 aliphatic rings. The molecule has 0 aliphatic carbocycles. The molecule has 10 rings (SSSR count). The first-order chi connectivity index (χ1) is 35.5. The summed E-state index contributed by atoms with van der Waals surface area (Å²) in [6.45, 7) is 0.988. The largest absolute Gasteiger partial charge is 0.573 e. The van der Waals surface area contributed by atoms with Crippen molar-refractivity contribution >= 4 is 67.5 Å². The summed E-state index contributed by atoms with van der Waals surface area (Å²) in [4.78, 5) is 74.1. The van der Waals surface area contributed by atoms with E-state index in [1.54, 1.807) is 95.0 Å². The lowest BCUT2D eigenvalue weighted by Crippen LogP contribution is -2.21. The number of para-hydroxylation sites is 3. The van der Waals surface area contributed by atoms with Crippen molar-refractivity contribution in [3.63, 3.8) is 0 Å². The predicted octanol–water partition coefficient (Wildman–Crippen LogP) is 9.05. The number of benzene rings is 6. The number of nitrogens with one attached hydrogen (secondary N) is 3. The van der Waals surface area contributed by atoms with Gasteiger partial charge < -0.3 is 48.6 Å². The zero-order chi connectivity index (χ0) is 52.7. The molecule has 0 saturated heterocycles. The van der Waals surface area contributed by atoms with Gasteiger partial charge in [-0.15, -0.1) is 13.2 Å². The van der Waals surface area contributed by atoms with E-state index in [9.17, 15) is 41.9 Å². The molecule has 9 aromatic rings. The first-order valence-electron chi connectivity index (χ1n) is 22.6. The van der Waals surface area contributed by atoms with E-state index in [-0.39, 0.29) is 39.7 Å². The van der Waals surface area contributed by atoms with Crippen LogP contribution in [0.3, 0.4) is 0 Å². The van der Waals surface area contributed by atoms with E-state index in [1.807, 2.05) is 48.5 Å². The van der Waals surface area contributed by atoms with Crippen molar-refractivity contribution in [2.45, 2.75) is 6.36 Å². The second-order valence-electron chi connectivity index (χ2n) is 16.4. The molecular weight excluding hydrogens is 962 g/mol. The number of pyridine rings is 3. The lowest BCUT2D eigenvalue weighted by atomic mass is 10.1. The number of aromatic nitrogens is 3. The molecule has 6 aromatic carbocycles. The van der Waals surface area contributed by atoms with Crippen LogP contribution in [0.2, 0.25) is 0 Å². The highest BCUT2D eigenvalue weighted by atomic mass is 19.4. The number of fused-ring (bicyclic) bond motifs is 4. The van der Waals surface area contributed by atoms with Gasteiger partial charge in [-0.1, -0.05) is 54.6 Å². The highest BCUT2D eigenvalue weighted by Gasteiger charge is 2.31. The second kappa shape index (κ2) is 21.8. The molecule has 0 atom stereocenters. The summed E-state index contributed by atoms with van der Waals surface area (Å²) in [5.74, 6) is 0.371. The van der Waals surface area contributed by atoms with Crippen LogP contribution in [0.15, 0.2) is 172 Å². The third-order valence-corrected chi connectivity index (χ3v) is 11.7. The topological polar surface area (TPSA) is 190 Å². The number of nitrogens with zero attached hydrogens (tertiary/aromatic N) is 3. The maximum absolute atomic E-state index is 12.7. The van der Waals surface area contributed by atoms with Crippen LogP contribution in [0.1, 0.15) is 31.1 Å². The Balaban J connectivity index is 0.000000148. The number of aryl methyl sites for hydroxylation is 3. The number of rotatable bonds is 8. The van der Waals surface area contributed by atoms with E-state index in [4.69, 9.17) is 14.2 Å². The number of carbonyl (C=O) groups excluding carboxylic acids is 3. The average Bonchev–Trinajstić information content (AvgIpc) is 3.40. The summed E-state index contributed by atoms with van der Waals surface area (Å²) >= 11 is 0. The Morgan fingerprint density at radius 1 is 0.473 bits per heavy atom. The minimum atomic E-state index is -4.78. The van der Waals surface area contributed by atoms with Gasteiger partial charge in [0.2, 0.25) is 0 Å². The number of halogens is 3. The van der Waals surface area contributed by atoms with E-state index in [2.05, 4.69) is 20.7 Å². The van der Waals surface area contributed by atoms with Gasteiger partial charge in [0.15, 0.2) is 11.5 Å². The van der Waals surface area contributed by atoms with Gasteiger partial charge in [-0.2, -0.15) is 0 Å². The summed E-state index contributed by atoms with van der Waals surface area (Å²) in [7, 11) is 6.56. The van der Waals surface area contributed by atoms with Crippen LogP contribution in [0.5, 0.6) is 23.0 Å².